The first kappa shape index (κ1) is 23.7. The fraction of sp³-hybridized carbons (Fsp3) is 0.0870. The van der Waals surface area contributed by atoms with Crippen molar-refractivity contribution in [3.8, 4) is 17.2 Å². The second-order valence-electron chi connectivity index (χ2n) is 7.06. The van der Waals surface area contributed by atoms with Crippen LogP contribution < -0.4 is 15.4 Å². The molecule has 0 unspecified atom stereocenters. The van der Waals surface area contributed by atoms with Crippen molar-refractivity contribution < 1.29 is 13.9 Å². The largest absolute Gasteiger partial charge is 0.495 e. The Labute approximate surface area is 216 Å². The lowest BCUT2D eigenvalue weighted by Crippen LogP contribution is -2.34. The van der Waals surface area contributed by atoms with Gasteiger partial charge in [0.05, 0.1) is 27.7 Å². The number of anilines is 1. The number of halogens is 3. The number of amides is 1. The SMILES string of the molecule is COc1c(Br)cc(Br)cc1C(=O)NC(=S)Nc1ccc2oc(-c3ccc(C)cc3Cl)nc2c1. The number of nitrogens with zero attached hydrogens (tertiary/aromatic N) is 1. The number of fused-ring (bicyclic) bond motifs is 1. The first-order valence-corrected chi connectivity index (χ1v) is 11.9. The summed E-state index contributed by atoms with van der Waals surface area (Å²) in [6.07, 6.45) is 0. The maximum atomic E-state index is 12.8. The van der Waals surface area contributed by atoms with E-state index in [1.807, 2.05) is 25.1 Å². The highest BCUT2D eigenvalue weighted by Gasteiger charge is 2.18. The van der Waals surface area contributed by atoms with E-state index in [-0.39, 0.29) is 5.11 Å². The minimum Gasteiger partial charge on any atom is -0.495 e. The van der Waals surface area contributed by atoms with E-state index in [2.05, 4.69) is 47.5 Å². The molecule has 1 aromatic heterocycles. The van der Waals surface area contributed by atoms with Gasteiger partial charge in [0.1, 0.15) is 11.3 Å². The number of aryl methyl sites for hydroxylation is 1. The minimum atomic E-state index is -0.412. The van der Waals surface area contributed by atoms with Gasteiger partial charge in [0.25, 0.3) is 5.91 Å². The van der Waals surface area contributed by atoms with Crippen LogP contribution in [0, 0.1) is 6.92 Å². The predicted octanol–water partition coefficient (Wildman–Crippen LogP) is 7.12. The lowest BCUT2D eigenvalue weighted by atomic mass is 10.1. The lowest BCUT2D eigenvalue weighted by molar-refractivity contribution is 0.0974. The molecular formula is C23H16Br2ClN3O3S. The van der Waals surface area contributed by atoms with E-state index in [9.17, 15) is 4.79 Å². The zero-order valence-electron chi connectivity index (χ0n) is 17.3. The van der Waals surface area contributed by atoms with Gasteiger partial charge >= 0.3 is 0 Å². The van der Waals surface area contributed by atoms with Crippen LogP contribution in [0.15, 0.2) is 61.9 Å². The van der Waals surface area contributed by atoms with Gasteiger partial charge < -0.3 is 14.5 Å². The maximum absolute atomic E-state index is 12.8. The third-order valence-electron chi connectivity index (χ3n) is 4.68. The molecule has 2 N–H and O–H groups in total. The van der Waals surface area contributed by atoms with E-state index in [1.54, 1.807) is 30.3 Å². The third kappa shape index (κ3) is 5.22. The molecule has 33 heavy (non-hydrogen) atoms. The van der Waals surface area contributed by atoms with Crippen LogP contribution in [0.5, 0.6) is 5.75 Å². The van der Waals surface area contributed by atoms with E-state index in [1.165, 1.54) is 7.11 Å². The molecule has 0 bridgehead atoms. The number of hydrogen-bond acceptors (Lipinski definition) is 5. The number of nitrogens with one attached hydrogen (secondary N) is 2. The summed E-state index contributed by atoms with van der Waals surface area (Å²) in [6.45, 7) is 1.97. The molecule has 0 radical (unpaired) electrons. The first-order valence-electron chi connectivity index (χ1n) is 9.57. The molecule has 168 valence electrons. The molecule has 3 aromatic carbocycles. The molecule has 10 heteroatoms. The molecule has 4 aromatic rings. The monoisotopic (exact) mass is 607 g/mol. The number of ether oxygens (including phenoxy) is 1. The molecule has 6 nitrogen and oxygen atoms in total. The Morgan fingerprint density at radius 2 is 1.94 bits per heavy atom. The summed E-state index contributed by atoms with van der Waals surface area (Å²) in [5.41, 5.74) is 3.96. The van der Waals surface area contributed by atoms with Crippen LogP contribution in [0.4, 0.5) is 5.69 Å². The minimum absolute atomic E-state index is 0.128. The van der Waals surface area contributed by atoms with Crippen LogP contribution in [0.2, 0.25) is 5.02 Å². The van der Waals surface area contributed by atoms with Crippen LogP contribution in [0.3, 0.4) is 0 Å². The van der Waals surface area contributed by atoms with Gasteiger partial charge in [0, 0.05) is 10.2 Å². The lowest BCUT2D eigenvalue weighted by Gasteiger charge is -2.13. The van der Waals surface area contributed by atoms with Crippen LogP contribution in [-0.4, -0.2) is 23.1 Å². The number of methoxy groups -OCH3 is 1. The molecule has 0 aliphatic carbocycles. The molecule has 1 heterocycles. The van der Waals surface area contributed by atoms with Crippen molar-refractivity contribution in [1.29, 1.82) is 0 Å². The highest BCUT2D eigenvalue weighted by Crippen LogP contribution is 2.33. The van der Waals surface area contributed by atoms with Crippen molar-refractivity contribution in [3.05, 3.63) is 73.6 Å². The molecule has 0 spiro atoms. The maximum Gasteiger partial charge on any atom is 0.261 e. The number of rotatable bonds is 4. The van der Waals surface area contributed by atoms with Gasteiger partial charge in [-0.25, -0.2) is 4.98 Å². The molecule has 0 aliphatic rings. The van der Waals surface area contributed by atoms with Crippen molar-refractivity contribution in [2.45, 2.75) is 6.92 Å². The van der Waals surface area contributed by atoms with E-state index in [0.29, 0.717) is 49.0 Å². The number of aromatic nitrogens is 1. The molecule has 0 saturated carbocycles. The Hall–Kier alpha value is -2.46. The molecule has 0 saturated heterocycles. The molecular weight excluding hydrogens is 594 g/mol. The van der Waals surface area contributed by atoms with Crippen molar-refractivity contribution in [2.75, 3.05) is 12.4 Å². The smallest absolute Gasteiger partial charge is 0.261 e. The third-order valence-corrected chi connectivity index (χ3v) is 6.25. The summed E-state index contributed by atoms with van der Waals surface area (Å²) in [7, 11) is 1.49. The van der Waals surface area contributed by atoms with Crippen molar-refractivity contribution in [2.24, 2.45) is 0 Å². The summed E-state index contributed by atoms with van der Waals surface area (Å²) < 4.78 is 12.6. The number of benzene rings is 3. The summed E-state index contributed by atoms with van der Waals surface area (Å²) >= 11 is 18.4. The summed E-state index contributed by atoms with van der Waals surface area (Å²) in [5.74, 6) is 0.422. The van der Waals surface area contributed by atoms with Crippen molar-refractivity contribution >= 4 is 83.5 Å². The Balaban J connectivity index is 1.52. The average molecular weight is 610 g/mol. The molecule has 1 amide bonds. The highest BCUT2D eigenvalue weighted by molar-refractivity contribution is 9.11. The van der Waals surface area contributed by atoms with Crippen LogP contribution >= 0.6 is 55.7 Å². The summed E-state index contributed by atoms with van der Waals surface area (Å²) in [4.78, 5) is 17.3. The highest BCUT2D eigenvalue weighted by atomic mass is 79.9. The van der Waals surface area contributed by atoms with Gasteiger partial charge in [0.2, 0.25) is 5.89 Å². The molecule has 4 rings (SSSR count). The Bertz CT molecular complexity index is 1410. The van der Waals surface area contributed by atoms with Crippen LogP contribution in [-0.2, 0) is 0 Å². The van der Waals surface area contributed by atoms with E-state index >= 15 is 0 Å². The van der Waals surface area contributed by atoms with E-state index in [4.69, 9.17) is 33.0 Å². The summed E-state index contributed by atoms with van der Waals surface area (Å²) in [6, 6.07) is 14.5. The molecule has 0 fully saturated rings. The standard InChI is InChI=1S/C23H16Br2ClN3O3S/c1-11-3-5-14(17(26)7-11)22-28-18-10-13(4-6-19(18)32-22)27-23(33)29-21(30)15-8-12(24)9-16(25)20(15)31-2/h3-10H,1-2H3,(H2,27,29,30,33). The Morgan fingerprint density at radius 1 is 1.15 bits per heavy atom. The summed E-state index contributed by atoms with van der Waals surface area (Å²) in [5, 5.41) is 6.36. The number of carbonyl (C=O) groups is 1. The number of thiocarbonyl (C=S) groups is 1. The first-order chi connectivity index (χ1) is 15.7. The van der Waals surface area contributed by atoms with Gasteiger partial charge in [-0.15, -0.1) is 0 Å². The van der Waals surface area contributed by atoms with Crippen LogP contribution in [0.1, 0.15) is 15.9 Å². The molecule has 0 aliphatic heterocycles. The van der Waals surface area contributed by atoms with Gasteiger partial charge in [-0.2, -0.15) is 0 Å². The fourth-order valence-electron chi connectivity index (χ4n) is 3.18. The second-order valence-corrected chi connectivity index (χ2v) is 9.65. The normalized spacial score (nSPS) is 10.8. The van der Waals surface area contributed by atoms with Gasteiger partial charge in [-0.1, -0.05) is 33.6 Å². The number of hydrogen-bond donors (Lipinski definition) is 2. The quantitative estimate of drug-likeness (QED) is 0.240. The molecule has 0 atom stereocenters. The second kappa shape index (κ2) is 9.80. The Morgan fingerprint density at radius 3 is 2.67 bits per heavy atom. The number of oxazole rings is 1. The Kier molecular flexibility index (Phi) is 7.04. The average Bonchev–Trinajstić information content (AvgIpc) is 3.16. The number of carbonyl (C=O) groups excluding carboxylic acids is 1. The van der Waals surface area contributed by atoms with Crippen molar-refractivity contribution in [1.82, 2.24) is 10.3 Å². The zero-order valence-corrected chi connectivity index (χ0v) is 22.1. The van der Waals surface area contributed by atoms with Gasteiger partial charge in [-0.05, 0) is 83.1 Å². The topological polar surface area (TPSA) is 76.4 Å². The predicted molar refractivity (Wildman–Crippen MR) is 141 cm³/mol. The van der Waals surface area contributed by atoms with Gasteiger partial charge in [-0.3, -0.25) is 10.1 Å². The van der Waals surface area contributed by atoms with Crippen molar-refractivity contribution in [3.63, 3.8) is 0 Å². The van der Waals surface area contributed by atoms with Crippen LogP contribution in [0.25, 0.3) is 22.6 Å². The van der Waals surface area contributed by atoms with E-state index in [0.717, 1.165) is 10.0 Å². The van der Waals surface area contributed by atoms with E-state index < -0.39 is 5.91 Å². The fourth-order valence-corrected chi connectivity index (χ4v) is 5.10. The zero-order chi connectivity index (χ0) is 23.7. The van der Waals surface area contributed by atoms with Gasteiger partial charge in [0.15, 0.2) is 10.7 Å².